The molecule has 0 bridgehead atoms. The van der Waals surface area contributed by atoms with Crippen LogP contribution in [0.25, 0.3) is 0 Å². The van der Waals surface area contributed by atoms with E-state index in [9.17, 15) is 23.1 Å². The van der Waals surface area contributed by atoms with Crippen LogP contribution in [-0.2, 0) is 4.79 Å². The lowest BCUT2D eigenvalue weighted by Gasteiger charge is -2.39. The first-order valence-electron chi connectivity index (χ1n) is 5.94. The number of amides is 1. The van der Waals surface area contributed by atoms with Crippen LogP contribution in [0.1, 0.15) is 39.0 Å². The molecule has 4 nitrogen and oxygen atoms in total. The predicted octanol–water partition coefficient (Wildman–Crippen LogP) is 1.08. The number of aliphatic hydroxyl groups excluding tert-OH is 1. The van der Waals surface area contributed by atoms with Crippen molar-refractivity contribution in [2.24, 2.45) is 5.73 Å². The van der Waals surface area contributed by atoms with E-state index < -0.39 is 23.2 Å². The number of halogens is 3. The fraction of sp³-hybridized carbons (Fsp3) is 0.909. The molecule has 0 heterocycles. The molecule has 0 aliphatic heterocycles. The number of carbonyl (C=O) groups excluding carboxylic acids is 1. The van der Waals surface area contributed by atoms with Gasteiger partial charge in [-0.25, -0.2) is 0 Å². The largest absolute Gasteiger partial charge is 0.415 e. The maximum Gasteiger partial charge on any atom is 0.415 e. The lowest BCUT2D eigenvalue weighted by Crippen LogP contribution is -2.66. The average Bonchev–Trinajstić information content (AvgIpc) is 2.28. The summed E-state index contributed by atoms with van der Waals surface area (Å²) < 4.78 is 37.9. The molecule has 0 saturated heterocycles. The van der Waals surface area contributed by atoms with E-state index in [-0.39, 0.29) is 6.61 Å². The van der Waals surface area contributed by atoms with Crippen molar-refractivity contribution in [2.75, 3.05) is 6.61 Å². The highest BCUT2D eigenvalue weighted by Gasteiger charge is 2.55. The smallest absolute Gasteiger partial charge is 0.394 e. The minimum Gasteiger partial charge on any atom is -0.394 e. The molecule has 0 spiro atoms. The Morgan fingerprint density at radius 2 is 1.83 bits per heavy atom. The molecule has 7 heteroatoms. The maximum absolute atomic E-state index is 12.6. The van der Waals surface area contributed by atoms with E-state index in [0.29, 0.717) is 19.8 Å². The molecule has 0 radical (unpaired) electrons. The van der Waals surface area contributed by atoms with Gasteiger partial charge in [0, 0.05) is 0 Å². The summed E-state index contributed by atoms with van der Waals surface area (Å²) >= 11 is 0. The van der Waals surface area contributed by atoms with Crippen LogP contribution in [0.15, 0.2) is 0 Å². The van der Waals surface area contributed by atoms with Crippen LogP contribution < -0.4 is 11.1 Å². The van der Waals surface area contributed by atoms with Gasteiger partial charge < -0.3 is 16.2 Å². The lowest BCUT2D eigenvalue weighted by molar-refractivity contribution is -0.188. The van der Waals surface area contributed by atoms with Gasteiger partial charge in [-0.1, -0.05) is 19.3 Å². The molecule has 1 atom stereocenters. The third-order valence-electron chi connectivity index (χ3n) is 3.55. The number of rotatable bonds is 3. The zero-order chi connectivity index (χ0) is 14.0. The van der Waals surface area contributed by atoms with E-state index in [1.807, 2.05) is 0 Å². The number of nitrogens with two attached hydrogens (primary N) is 1. The monoisotopic (exact) mass is 268 g/mol. The van der Waals surface area contributed by atoms with Crippen molar-refractivity contribution < 1.29 is 23.1 Å². The number of alkyl halides is 3. The molecule has 0 aromatic rings. The molecule has 0 aromatic carbocycles. The van der Waals surface area contributed by atoms with E-state index in [1.54, 1.807) is 0 Å². The molecule has 1 rings (SSSR count). The Labute approximate surface area is 104 Å². The van der Waals surface area contributed by atoms with Crippen LogP contribution in [0, 0.1) is 0 Å². The van der Waals surface area contributed by atoms with Gasteiger partial charge in [0.15, 0.2) is 5.54 Å². The summed E-state index contributed by atoms with van der Waals surface area (Å²) in [6.07, 6.45) is -1.37. The molecular formula is C11H19F3N2O2. The summed E-state index contributed by atoms with van der Waals surface area (Å²) in [7, 11) is 0. The molecule has 1 unspecified atom stereocenters. The van der Waals surface area contributed by atoms with Crippen LogP contribution in [-0.4, -0.2) is 34.9 Å². The topological polar surface area (TPSA) is 75.4 Å². The van der Waals surface area contributed by atoms with Gasteiger partial charge in [-0.2, -0.15) is 13.2 Å². The van der Waals surface area contributed by atoms with Crippen molar-refractivity contribution in [3.8, 4) is 0 Å². The molecule has 1 aliphatic carbocycles. The average molecular weight is 268 g/mol. The van der Waals surface area contributed by atoms with E-state index in [2.05, 4.69) is 5.32 Å². The van der Waals surface area contributed by atoms with Crippen LogP contribution >= 0.6 is 0 Å². The van der Waals surface area contributed by atoms with Gasteiger partial charge in [0.2, 0.25) is 5.91 Å². The SMILES string of the molecule is CC(N)(C(=O)NC1(CO)CCCCC1)C(F)(F)F. The van der Waals surface area contributed by atoms with E-state index in [1.165, 1.54) is 0 Å². The number of hydrogen-bond donors (Lipinski definition) is 3. The predicted molar refractivity (Wildman–Crippen MR) is 59.7 cm³/mol. The van der Waals surface area contributed by atoms with Gasteiger partial charge >= 0.3 is 6.18 Å². The Morgan fingerprint density at radius 3 is 2.22 bits per heavy atom. The Hall–Kier alpha value is -0.820. The second-order valence-electron chi connectivity index (χ2n) is 5.15. The first kappa shape index (κ1) is 15.2. The number of carbonyl (C=O) groups is 1. The zero-order valence-corrected chi connectivity index (χ0v) is 10.3. The van der Waals surface area contributed by atoms with Crippen molar-refractivity contribution in [1.29, 1.82) is 0 Å². The van der Waals surface area contributed by atoms with Gasteiger partial charge in [-0.3, -0.25) is 4.79 Å². The number of aliphatic hydroxyl groups is 1. The Kier molecular flexibility index (Phi) is 4.27. The van der Waals surface area contributed by atoms with E-state index in [0.717, 1.165) is 19.3 Å². The Bertz CT molecular complexity index is 310. The minimum atomic E-state index is -4.82. The van der Waals surface area contributed by atoms with Gasteiger partial charge in [0.05, 0.1) is 12.1 Å². The van der Waals surface area contributed by atoms with Crippen LogP contribution in [0.4, 0.5) is 13.2 Å². The standard InChI is InChI=1S/C11H19F3N2O2/c1-9(15,11(12,13)14)8(18)16-10(7-17)5-3-2-4-6-10/h17H,2-7,15H2,1H3,(H,16,18). The van der Waals surface area contributed by atoms with Gasteiger partial charge in [-0.05, 0) is 19.8 Å². The van der Waals surface area contributed by atoms with Gasteiger partial charge in [0.25, 0.3) is 0 Å². The van der Waals surface area contributed by atoms with Crippen LogP contribution in [0.2, 0.25) is 0 Å². The summed E-state index contributed by atoms with van der Waals surface area (Å²) in [6, 6.07) is 0. The molecular weight excluding hydrogens is 249 g/mol. The number of hydrogen-bond acceptors (Lipinski definition) is 3. The Morgan fingerprint density at radius 1 is 1.33 bits per heavy atom. The van der Waals surface area contributed by atoms with Crippen molar-refractivity contribution in [3.63, 3.8) is 0 Å². The van der Waals surface area contributed by atoms with Crippen molar-refractivity contribution in [2.45, 2.75) is 56.3 Å². The molecule has 1 aliphatic rings. The second-order valence-corrected chi connectivity index (χ2v) is 5.15. The molecule has 1 amide bonds. The van der Waals surface area contributed by atoms with E-state index in [4.69, 9.17) is 5.73 Å². The maximum atomic E-state index is 12.6. The summed E-state index contributed by atoms with van der Waals surface area (Å²) in [4.78, 5) is 11.7. The molecule has 0 aromatic heterocycles. The highest BCUT2D eigenvalue weighted by atomic mass is 19.4. The molecule has 18 heavy (non-hydrogen) atoms. The van der Waals surface area contributed by atoms with Crippen molar-refractivity contribution in [1.82, 2.24) is 5.32 Å². The highest BCUT2D eigenvalue weighted by molar-refractivity contribution is 5.87. The Balaban J connectivity index is 2.79. The molecule has 106 valence electrons. The third kappa shape index (κ3) is 2.95. The summed E-state index contributed by atoms with van der Waals surface area (Å²) in [5.74, 6) is -1.29. The third-order valence-corrected chi connectivity index (χ3v) is 3.55. The first-order chi connectivity index (χ1) is 8.15. The molecule has 1 saturated carbocycles. The zero-order valence-electron chi connectivity index (χ0n) is 10.3. The fourth-order valence-electron chi connectivity index (χ4n) is 2.05. The normalized spacial score (nSPS) is 23.2. The van der Waals surface area contributed by atoms with Crippen molar-refractivity contribution in [3.05, 3.63) is 0 Å². The minimum absolute atomic E-state index is 0.368. The van der Waals surface area contributed by atoms with Crippen molar-refractivity contribution >= 4 is 5.91 Å². The molecule has 1 fully saturated rings. The fourth-order valence-corrected chi connectivity index (χ4v) is 2.05. The summed E-state index contributed by atoms with van der Waals surface area (Å²) in [5.41, 5.74) is 1.15. The number of nitrogens with one attached hydrogen (secondary N) is 1. The van der Waals surface area contributed by atoms with Gasteiger partial charge in [-0.15, -0.1) is 0 Å². The van der Waals surface area contributed by atoms with Crippen LogP contribution in [0.3, 0.4) is 0 Å². The first-order valence-corrected chi connectivity index (χ1v) is 5.94. The highest BCUT2D eigenvalue weighted by Crippen LogP contribution is 2.31. The van der Waals surface area contributed by atoms with Crippen LogP contribution in [0.5, 0.6) is 0 Å². The van der Waals surface area contributed by atoms with Gasteiger partial charge in [0.1, 0.15) is 0 Å². The summed E-state index contributed by atoms with van der Waals surface area (Å²) in [6.45, 7) is 0.267. The molecule has 4 N–H and O–H groups in total. The second kappa shape index (κ2) is 5.05. The van der Waals surface area contributed by atoms with E-state index >= 15 is 0 Å². The quantitative estimate of drug-likeness (QED) is 0.717. The lowest BCUT2D eigenvalue weighted by atomic mass is 9.81. The summed E-state index contributed by atoms with van der Waals surface area (Å²) in [5, 5.41) is 11.6.